The Morgan fingerprint density at radius 1 is 0.926 bits per heavy atom. The number of anilines is 1. The van der Waals surface area contributed by atoms with Gasteiger partial charge in [-0.1, -0.05) is 48.2 Å². The van der Waals surface area contributed by atoms with E-state index in [9.17, 15) is 4.79 Å². The Labute approximate surface area is 164 Å². The molecule has 0 unspecified atom stereocenters. The number of nitrogens with one attached hydrogen (secondary N) is 1. The second-order valence-corrected chi connectivity index (χ2v) is 7.60. The maximum absolute atomic E-state index is 12.6. The molecule has 0 spiro atoms. The standard InChI is InChI=1S/C23H23NO2S/c1-16-13-17(2)15-19(14-16)26-18(3)23(25)24-21-11-7-8-12-22(21)27-20-9-5-4-6-10-20/h4-15,18H,1-3H3,(H,24,25)/t18-/m1/s1. The first-order chi connectivity index (χ1) is 13.0. The molecule has 27 heavy (non-hydrogen) atoms. The lowest BCUT2D eigenvalue weighted by Crippen LogP contribution is -2.30. The van der Waals surface area contributed by atoms with Crippen LogP contribution in [0, 0.1) is 13.8 Å². The van der Waals surface area contributed by atoms with Crippen LogP contribution in [0.2, 0.25) is 0 Å². The molecule has 3 nitrogen and oxygen atoms in total. The van der Waals surface area contributed by atoms with E-state index in [1.54, 1.807) is 18.7 Å². The third-order valence-corrected chi connectivity index (χ3v) is 5.08. The largest absolute Gasteiger partial charge is 0.481 e. The first-order valence-electron chi connectivity index (χ1n) is 8.89. The van der Waals surface area contributed by atoms with Crippen molar-refractivity contribution in [3.8, 4) is 5.75 Å². The van der Waals surface area contributed by atoms with Crippen LogP contribution < -0.4 is 10.1 Å². The summed E-state index contributed by atoms with van der Waals surface area (Å²) < 4.78 is 5.85. The third-order valence-electron chi connectivity index (χ3n) is 3.99. The second kappa shape index (κ2) is 8.78. The SMILES string of the molecule is Cc1cc(C)cc(O[C@H](C)C(=O)Nc2ccccc2Sc2ccccc2)c1. The van der Waals surface area contributed by atoms with E-state index in [2.05, 4.69) is 23.5 Å². The Morgan fingerprint density at radius 3 is 2.26 bits per heavy atom. The van der Waals surface area contributed by atoms with Crippen LogP contribution in [0.25, 0.3) is 0 Å². The van der Waals surface area contributed by atoms with Gasteiger partial charge in [0.2, 0.25) is 0 Å². The highest BCUT2D eigenvalue weighted by molar-refractivity contribution is 7.99. The molecule has 0 aliphatic heterocycles. The van der Waals surface area contributed by atoms with Crippen molar-refractivity contribution in [2.45, 2.75) is 36.7 Å². The van der Waals surface area contributed by atoms with Gasteiger partial charge in [0.15, 0.2) is 6.10 Å². The van der Waals surface area contributed by atoms with Crippen molar-refractivity contribution in [3.63, 3.8) is 0 Å². The molecule has 3 aromatic carbocycles. The molecule has 3 rings (SSSR count). The Morgan fingerprint density at radius 2 is 1.56 bits per heavy atom. The lowest BCUT2D eigenvalue weighted by molar-refractivity contribution is -0.122. The number of benzene rings is 3. The van der Waals surface area contributed by atoms with Gasteiger partial charge in [0.05, 0.1) is 5.69 Å². The molecule has 4 heteroatoms. The van der Waals surface area contributed by atoms with E-state index < -0.39 is 6.10 Å². The number of aryl methyl sites for hydroxylation is 2. The smallest absolute Gasteiger partial charge is 0.265 e. The lowest BCUT2D eigenvalue weighted by Gasteiger charge is -2.17. The van der Waals surface area contributed by atoms with E-state index >= 15 is 0 Å². The molecule has 0 fully saturated rings. The molecule has 0 radical (unpaired) electrons. The van der Waals surface area contributed by atoms with Crippen molar-refractivity contribution in [1.29, 1.82) is 0 Å². The van der Waals surface area contributed by atoms with Crippen molar-refractivity contribution in [1.82, 2.24) is 0 Å². The maximum Gasteiger partial charge on any atom is 0.265 e. The van der Waals surface area contributed by atoms with Gasteiger partial charge in [-0.3, -0.25) is 4.79 Å². The van der Waals surface area contributed by atoms with Gasteiger partial charge in [-0.2, -0.15) is 0 Å². The summed E-state index contributed by atoms with van der Waals surface area (Å²) in [4.78, 5) is 14.8. The molecule has 1 atom stereocenters. The van der Waals surface area contributed by atoms with Gasteiger partial charge in [0.25, 0.3) is 5.91 Å². The number of carbonyl (C=O) groups excluding carboxylic acids is 1. The Balaban J connectivity index is 1.70. The normalized spacial score (nSPS) is 11.7. The zero-order valence-electron chi connectivity index (χ0n) is 15.7. The van der Waals surface area contributed by atoms with Gasteiger partial charge in [-0.05, 0) is 68.3 Å². The van der Waals surface area contributed by atoms with E-state index in [1.165, 1.54) is 0 Å². The molecule has 0 aromatic heterocycles. The van der Waals surface area contributed by atoms with E-state index in [4.69, 9.17) is 4.74 Å². The number of para-hydroxylation sites is 1. The number of carbonyl (C=O) groups is 1. The minimum absolute atomic E-state index is 0.171. The lowest BCUT2D eigenvalue weighted by atomic mass is 10.1. The molecular weight excluding hydrogens is 354 g/mol. The fourth-order valence-electron chi connectivity index (χ4n) is 2.77. The number of hydrogen-bond acceptors (Lipinski definition) is 3. The van der Waals surface area contributed by atoms with Crippen LogP contribution in [0.5, 0.6) is 5.75 Å². The van der Waals surface area contributed by atoms with Crippen molar-refractivity contribution in [2.24, 2.45) is 0 Å². The zero-order valence-corrected chi connectivity index (χ0v) is 16.5. The Kier molecular flexibility index (Phi) is 6.20. The molecule has 0 saturated carbocycles. The van der Waals surface area contributed by atoms with Crippen molar-refractivity contribution in [2.75, 3.05) is 5.32 Å². The Bertz CT molecular complexity index is 904. The quantitative estimate of drug-likeness (QED) is 0.585. The molecule has 0 aliphatic carbocycles. The summed E-state index contributed by atoms with van der Waals surface area (Å²) in [5.41, 5.74) is 3.01. The van der Waals surface area contributed by atoms with Crippen molar-refractivity contribution >= 4 is 23.4 Å². The van der Waals surface area contributed by atoms with Gasteiger partial charge in [0, 0.05) is 9.79 Å². The molecule has 0 saturated heterocycles. The third kappa shape index (κ3) is 5.38. The fourth-order valence-corrected chi connectivity index (χ4v) is 3.69. The van der Waals surface area contributed by atoms with Crippen molar-refractivity contribution in [3.05, 3.63) is 83.9 Å². The summed E-state index contributed by atoms with van der Waals surface area (Å²) in [5.74, 6) is 0.539. The molecular formula is C23H23NO2S. The molecule has 138 valence electrons. The first-order valence-corrected chi connectivity index (χ1v) is 9.70. The molecule has 1 amide bonds. The summed E-state index contributed by atoms with van der Waals surface area (Å²) in [6.07, 6.45) is -0.596. The van der Waals surface area contributed by atoms with Gasteiger partial charge < -0.3 is 10.1 Å². The molecule has 0 aliphatic rings. The van der Waals surface area contributed by atoms with E-state index in [0.29, 0.717) is 5.75 Å². The minimum atomic E-state index is -0.596. The van der Waals surface area contributed by atoms with Crippen LogP contribution in [0.15, 0.2) is 82.6 Å². The van der Waals surface area contributed by atoms with Gasteiger partial charge >= 0.3 is 0 Å². The first kappa shape index (κ1) is 19.1. The van der Waals surface area contributed by atoms with Crippen molar-refractivity contribution < 1.29 is 9.53 Å². The summed E-state index contributed by atoms with van der Waals surface area (Å²) in [6.45, 7) is 5.79. The fraction of sp³-hybridized carbons (Fsp3) is 0.174. The van der Waals surface area contributed by atoms with E-state index in [-0.39, 0.29) is 5.91 Å². The van der Waals surface area contributed by atoms with Gasteiger partial charge in [-0.25, -0.2) is 0 Å². The highest BCUT2D eigenvalue weighted by Crippen LogP contribution is 2.33. The average molecular weight is 378 g/mol. The highest BCUT2D eigenvalue weighted by Gasteiger charge is 2.17. The number of hydrogen-bond donors (Lipinski definition) is 1. The van der Waals surface area contributed by atoms with Crippen LogP contribution in [0.1, 0.15) is 18.1 Å². The molecule has 3 aromatic rings. The van der Waals surface area contributed by atoms with E-state index in [1.807, 2.05) is 68.4 Å². The molecule has 0 bridgehead atoms. The van der Waals surface area contributed by atoms with E-state index in [0.717, 1.165) is 26.6 Å². The van der Waals surface area contributed by atoms with Crippen LogP contribution in [-0.2, 0) is 4.79 Å². The molecule has 1 N–H and O–H groups in total. The predicted molar refractivity (Wildman–Crippen MR) is 112 cm³/mol. The number of amides is 1. The van der Waals surface area contributed by atoms with Crippen LogP contribution in [0.4, 0.5) is 5.69 Å². The molecule has 0 heterocycles. The Hall–Kier alpha value is -2.72. The monoisotopic (exact) mass is 377 g/mol. The zero-order chi connectivity index (χ0) is 19.2. The summed E-state index contributed by atoms with van der Waals surface area (Å²) >= 11 is 1.62. The maximum atomic E-state index is 12.6. The van der Waals surface area contributed by atoms with Gasteiger partial charge in [-0.15, -0.1) is 0 Å². The summed E-state index contributed by atoms with van der Waals surface area (Å²) in [5, 5.41) is 3.00. The predicted octanol–water partition coefficient (Wildman–Crippen LogP) is 5.86. The van der Waals surface area contributed by atoms with Gasteiger partial charge in [0.1, 0.15) is 5.75 Å². The van der Waals surface area contributed by atoms with Crippen LogP contribution >= 0.6 is 11.8 Å². The minimum Gasteiger partial charge on any atom is -0.481 e. The highest BCUT2D eigenvalue weighted by atomic mass is 32.2. The number of ether oxygens (including phenoxy) is 1. The summed E-state index contributed by atoms with van der Waals surface area (Å²) in [7, 11) is 0. The second-order valence-electron chi connectivity index (χ2n) is 6.48. The topological polar surface area (TPSA) is 38.3 Å². The van der Waals surface area contributed by atoms with Crippen LogP contribution in [-0.4, -0.2) is 12.0 Å². The average Bonchev–Trinajstić information content (AvgIpc) is 2.63. The number of rotatable bonds is 6. The van der Waals surface area contributed by atoms with Crippen LogP contribution in [0.3, 0.4) is 0 Å². The summed E-state index contributed by atoms with van der Waals surface area (Å²) in [6, 6.07) is 23.9.